The minimum Gasteiger partial charge on any atom is -0.293 e. The molecule has 0 aliphatic carbocycles. The maximum atomic E-state index is 4.86. The summed E-state index contributed by atoms with van der Waals surface area (Å²) in [5, 5.41) is 0. The first-order valence-electron chi connectivity index (χ1n) is 10.6. The number of aryl methyl sites for hydroxylation is 4. The van der Waals surface area contributed by atoms with Gasteiger partial charge in [0.2, 0.25) is 0 Å². The molecule has 0 bridgehead atoms. The summed E-state index contributed by atoms with van der Waals surface area (Å²) in [5.74, 6) is 0.977. The number of nitrogens with zero attached hydrogens (tertiary/aromatic N) is 4. The van der Waals surface area contributed by atoms with E-state index in [1.54, 1.807) is 0 Å². The van der Waals surface area contributed by atoms with Gasteiger partial charge in [-0.15, -0.1) is 0 Å². The van der Waals surface area contributed by atoms with Crippen molar-refractivity contribution in [3.63, 3.8) is 0 Å². The number of fused-ring (bicyclic) bond motifs is 1. The minimum absolute atomic E-state index is 0.977. The van der Waals surface area contributed by atoms with Crippen LogP contribution < -0.4 is 4.57 Å². The van der Waals surface area contributed by atoms with Gasteiger partial charge in [-0.1, -0.05) is 45.4 Å². The van der Waals surface area contributed by atoms with Gasteiger partial charge in [-0.2, -0.15) is 9.55 Å². The van der Waals surface area contributed by atoms with Crippen molar-refractivity contribution in [1.82, 2.24) is 14.1 Å². The standard InChI is InChI=1S/C23H35N4/c1-5-6-7-8-9-10-11-12-13-26-14-15-27(18-26)23-24-21-16-19(2)20(3)17-22(21)25(23)4/h14-18H,5-13H2,1-4H3/q+1. The molecule has 1 aromatic carbocycles. The Labute approximate surface area is 163 Å². The molecular formula is C23H35N4+. The van der Waals surface area contributed by atoms with Crippen LogP contribution in [0, 0.1) is 13.8 Å². The average Bonchev–Trinajstić information content (AvgIpc) is 3.23. The lowest BCUT2D eigenvalue weighted by Gasteiger charge is -2.01. The van der Waals surface area contributed by atoms with Crippen LogP contribution in [-0.2, 0) is 13.6 Å². The Morgan fingerprint density at radius 1 is 0.926 bits per heavy atom. The van der Waals surface area contributed by atoms with E-state index in [2.05, 4.69) is 72.4 Å². The van der Waals surface area contributed by atoms with E-state index in [0.717, 1.165) is 18.0 Å². The second-order valence-corrected chi connectivity index (χ2v) is 7.93. The van der Waals surface area contributed by atoms with Crippen LogP contribution in [0.15, 0.2) is 30.9 Å². The van der Waals surface area contributed by atoms with Gasteiger partial charge < -0.3 is 0 Å². The summed E-state index contributed by atoms with van der Waals surface area (Å²) < 4.78 is 6.60. The second-order valence-electron chi connectivity index (χ2n) is 7.93. The maximum Gasteiger partial charge on any atom is 0.306 e. The molecule has 0 aliphatic heterocycles. The minimum atomic E-state index is 0.977. The number of rotatable bonds is 10. The van der Waals surface area contributed by atoms with E-state index in [9.17, 15) is 0 Å². The maximum absolute atomic E-state index is 4.86. The number of aromatic nitrogens is 4. The van der Waals surface area contributed by atoms with Crippen molar-refractivity contribution in [3.8, 4) is 5.95 Å². The lowest BCUT2D eigenvalue weighted by Crippen LogP contribution is -2.30. The molecule has 2 aromatic heterocycles. The zero-order valence-electron chi connectivity index (χ0n) is 17.5. The summed E-state index contributed by atoms with van der Waals surface area (Å²) >= 11 is 0. The molecule has 0 spiro atoms. The first kappa shape index (κ1) is 19.7. The van der Waals surface area contributed by atoms with Crippen molar-refractivity contribution in [3.05, 3.63) is 42.0 Å². The van der Waals surface area contributed by atoms with Crippen LogP contribution in [0.3, 0.4) is 0 Å². The van der Waals surface area contributed by atoms with Gasteiger partial charge in [0.1, 0.15) is 12.4 Å². The van der Waals surface area contributed by atoms with E-state index in [1.165, 1.54) is 68.0 Å². The summed E-state index contributed by atoms with van der Waals surface area (Å²) in [6.07, 6.45) is 17.3. The molecule has 0 aliphatic rings. The average molecular weight is 368 g/mol. The number of benzene rings is 1. The third-order valence-corrected chi connectivity index (χ3v) is 5.66. The van der Waals surface area contributed by atoms with Gasteiger partial charge in [-0.25, -0.2) is 4.57 Å². The van der Waals surface area contributed by atoms with Crippen LogP contribution in [0.2, 0.25) is 0 Å². The molecule has 0 radical (unpaired) electrons. The quantitative estimate of drug-likeness (QED) is 0.348. The number of hydrogen-bond acceptors (Lipinski definition) is 1. The molecule has 2 heterocycles. The molecule has 0 saturated carbocycles. The van der Waals surface area contributed by atoms with E-state index in [4.69, 9.17) is 4.98 Å². The SMILES string of the molecule is CCCCCCCCCC[n+]1ccn(-c2nc3cc(C)c(C)cc3n2C)c1. The molecule has 4 heteroatoms. The summed E-state index contributed by atoms with van der Waals surface area (Å²) in [4.78, 5) is 4.86. The van der Waals surface area contributed by atoms with Crippen LogP contribution in [0.4, 0.5) is 0 Å². The summed E-state index contributed by atoms with van der Waals surface area (Å²) in [6, 6.07) is 4.42. The van der Waals surface area contributed by atoms with Crippen LogP contribution in [0.25, 0.3) is 17.0 Å². The van der Waals surface area contributed by atoms with Gasteiger partial charge in [-0.3, -0.25) is 4.57 Å². The first-order valence-corrected chi connectivity index (χ1v) is 10.6. The lowest BCUT2D eigenvalue weighted by atomic mass is 10.1. The van der Waals surface area contributed by atoms with E-state index in [0.29, 0.717) is 0 Å². The predicted octanol–water partition coefficient (Wildman–Crippen LogP) is 5.41. The van der Waals surface area contributed by atoms with Crippen molar-refractivity contribution >= 4 is 11.0 Å². The predicted molar refractivity (Wildman–Crippen MR) is 112 cm³/mol. The van der Waals surface area contributed by atoms with E-state index >= 15 is 0 Å². The molecular weight excluding hydrogens is 332 g/mol. The van der Waals surface area contributed by atoms with Gasteiger partial charge in [0.15, 0.2) is 0 Å². The van der Waals surface area contributed by atoms with Crippen LogP contribution in [0.1, 0.15) is 69.4 Å². The number of hydrogen-bond donors (Lipinski definition) is 0. The lowest BCUT2D eigenvalue weighted by molar-refractivity contribution is -0.696. The Morgan fingerprint density at radius 3 is 2.33 bits per heavy atom. The highest BCUT2D eigenvalue weighted by Gasteiger charge is 2.15. The molecule has 0 N–H and O–H groups in total. The number of imidazole rings is 2. The third-order valence-electron chi connectivity index (χ3n) is 5.66. The zero-order chi connectivity index (χ0) is 19.2. The zero-order valence-corrected chi connectivity index (χ0v) is 17.5. The molecule has 0 atom stereocenters. The molecule has 0 saturated heterocycles. The topological polar surface area (TPSA) is 26.6 Å². The Balaban J connectivity index is 1.56. The van der Waals surface area contributed by atoms with Crippen molar-refractivity contribution in [1.29, 1.82) is 0 Å². The van der Waals surface area contributed by atoms with Crippen LogP contribution >= 0.6 is 0 Å². The first-order chi connectivity index (χ1) is 13.1. The normalized spacial score (nSPS) is 11.6. The fraction of sp³-hybridized carbons (Fsp3) is 0.565. The molecule has 3 rings (SSSR count). The summed E-state index contributed by atoms with van der Waals surface area (Å²) in [7, 11) is 2.10. The van der Waals surface area contributed by atoms with Gasteiger partial charge in [-0.05, 0) is 49.9 Å². The van der Waals surface area contributed by atoms with Gasteiger partial charge in [0.25, 0.3) is 6.33 Å². The molecule has 27 heavy (non-hydrogen) atoms. The molecule has 3 aromatic rings. The van der Waals surface area contributed by atoms with Crippen LogP contribution in [0.5, 0.6) is 0 Å². The Kier molecular flexibility index (Phi) is 6.70. The smallest absolute Gasteiger partial charge is 0.293 e. The van der Waals surface area contributed by atoms with E-state index < -0.39 is 0 Å². The van der Waals surface area contributed by atoms with E-state index in [1.807, 2.05) is 0 Å². The number of unbranched alkanes of at least 4 members (excludes halogenated alkanes) is 7. The summed E-state index contributed by atoms with van der Waals surface area (Å²) in [5.41, 5.74) is 4.87. The Bertz CT molecular complexity index is 872. The Morgan fingerprint density at radius 2 is 1.59 bits per heavy atom. The molecule has 0 unspecified atom stereocenters. The monoisotopic (exact) mass is 367 g/mol. The highest BCUT2D eigenvalue weighted by Crippen LogP contribution is 2.21. The molecule has 0 amide bonds. The Hall–Kier alpha value is -2.10. The molecule has 146 valence electrons. The highest BCUT2D eigenvalue weighted by molar-refractivity contribution is 5.79. The fourth-order valence-corrected chi connectivity index (χ4v) is 3.74. The van der Waals surface area contributed by atoms with Crippen LogP contribution in [-0.4, -0.2) is 14.1 Å². The molecule has 4 nitrogen and oxygen atoms in total. The van der Waals surface area contributed by atoms with Gasteiger partial charge in [0, 0.05) is 7.05 Å². The van der Waals surface area contributed by atoms with Crippen molar-refractivity contribution in [2.24, 2.45) is 7.05 Å². The van der Waals surface area contributed by atoms with Gasteiger partial charge in [0.05, 0.1) is 17.6 Å². The summed E-state index contributed by atoms with van der Waals surface area (Å²) in [6.45, 7) is 7.68. The van der Waals surface area contributed by atoms with Crippen molar-refractivity contribution in [2.45, 2.75) is 78.7 Å². The van der Waals surface area contributed by atoms with Crippen molar-refractivity contribution < 1.29 is 4.57 Å². The third kappa shape index (κ3) is 4.79. The molecule has 0 fully saturated rings. The fourth-order valence-electron chi connectivity index (χ4n) is 3.74. The van der Waals surface area contributed by atoms with E-state index in [-0.39, 0.29) is 0 Å². The van der Waals surface area contributed by atoms with Gasteiger partial charge >= 0.3 is 5.95 Å². The second kappa shape index (κ2) is 9.20. The largest absolute Gasteiger partial charge is 0.306 e. The highest BCUT2D eigenvalue weighted by atomic mass is 15.3. The van der Waals surface area contributed by atoms with Crippen molar-refractivity contribution in [2.75, 3.05) is 0 Å².